The van der Waals surface area contributed by atoms with Crippen molar-refractivity contribution in [2.24, 2.45) is 11.8 Å². The van der Waals surface area contributed by atoms with Gasteiger partial charge >= 0.3 is 11.9 Å². The molecule has 0 aliphatic heterocycles. The number of aromatic nitrogens is 2. The van der Waals surface area contributed by atoms with Crippen molar-refractivity contribution in [3.63, 3.8) is 0 Å². The largest absolute Gasteiger partial charge is 0.357 e. The van der Waals surface area contributed by atoms with Crippen molar-refractivity contribution in [3.8, 4) is 0 Å². The maximum Gasteiger partial charge on any atom is 0.357 e. The predicted molar refractivity (Wildman–Crippen MR) is 98.0 cm³/mol. The summed E-state index contributed by atoms with van der Waals surface area (Å²) in [5.74, 6) is -5.55. The molecule has 9 heteroatoms. The van der Waals surface area contributed by atoms with E-state index in [1.807, 2.05) is 0 Å². The number of ketones is 2. The highest BCUT2D eigenvalue weighted by molar-refractivity contribution is 6.08. The minimum Gasteiger partial charge on any atom is -0.291 e. The van der Waals surface area contributed by atoms with Crippen molar-refractivity contribution >= 4 is 23.5 Å². The lowest BCUT2D eigenvalue weighted by Crippen LogP contribution is -2.29. The third-order valence-corrected chi connectivity index (χ3v) is 4.09. The van der Waals surface area contributed by atoms with Crippen LogP contribution in [0.5, 0.6) is 0 Å². The maximum absolute atomic E-state index is 12.3. The molecule has 0 N–H and O–H groups in total. The molecule has 0 aliphatic rings. The molecule has 0 spiro atoms. The average molecular weight is 400 g/mol. The van der Waals surface area contributed by atoms with E-state index in [-0.39, 0.29) is 24.2 Å². The summed E-state index contributed by atoms with van der Waals surface area (Å²) < 4.78 is 0. The Morgan fingerprint density at radius 1 is 0.759 bits per heavy atom. The van der Waals surface area contributed by atoms with E-state index in [4.69, 9.17) is 0 Å². The zero-order valence-electron chi connectivity index (χ0n) is 15.9. The summed E-state index contributed by atoms with van der Waals surface area (Å²) in [5.41, 5.74) is 0.195. The van der Waals surface area contributed by atoms with Crippen LogP contribution in [0, 0.1) is 11.8 Å². The lowest BCUT2D eigenvalue weighted by molar-refractivity contribution is -0.461. The number of nitrogens with zero attached hydrogens (tertiary/aromatic N) is 2. The molecule has 2 heterocycles. The lowest BCUT2D eigenvalue weighted by Gasteiger charge is -2.12. The number of carbonyl (C=O) groups is 4. The second kappa shape index (κ2) is 10.8. The van der Waals surface area contributed by atoms with Gasteiger partial charge in [0.2, 0.25) is 0 Å². The van der Waals surface area contributed by atoms with Gasteiger partial charge in [-0.15, -0.1) is 0 Å². The molecule has 9 nitrogen and oxygen atoms in total. The van der Waals surface area contributed by atoms with Crippen LogP contribution in [0.15, 0.2) is 48.8 Å². The number of pyridine rings is 2. The fourth-order valence-electron chi connectivity index (χ4n) is 2.49. The Labute approximate surface area is 166 Å². The summed E-state index contributed by atoms with van der Waals surface area (Å²) in [6, 6.07) is 9.42. The van der Waals surface area contributed by atoms with Gasteiger partial charge in [-0.1, -0.05) is 26.0 Å². The molecule has 0 radical (unpaired) electrons. The molecule has 29 heavy (non-hydrogen) atoms. The van der Waals surface area contributed by atoms with E-state index in [9.17, 15) is 19.2 Å². The van der Waals surface area contributed by atoms with Crippen LogP contribution in [0.1, 0.15) is 47.7 Å². The topological polar surface area (TPSA) is 122 Å². The van der Waals surface area contributed by atoms with Crippen molar-refractivity contribution in [1.29, 1.82) is 0 Å². The second-order valence-corrected chi connectivity index (χ2v) is 5.95. The summed E-state index contributed by atoms with van der Waals surface area (Å²) in [4.78, 5) is 65.5. The SMILES string of the molecule is CCC(C(=O)OOOC(=O)C(CC)C(=O)c1ccccn1)C(=O)c1ccccn1. The minimum atomic E-state index is -1.18. The van der Waals surface area contributed by atoms with Crippen LogP contribution in [0.3, 0.4) is 0 Å². The highest BCUT2D eigenvalue weighted by atomic mass is 17.5. The van der Waals surface area contributed by atoms with Gasteiger partial charge in [-0.05, 0) is 37.1 Å². The summed E-state index contributed by atoms with van der Waals surface area (Å²) >= 11 is 0. The molecule has 0 saturated heterocycles. The number of rotatable bonds is 10. The van der Waals surface area contributed by atoms with Crippen molar-refractivity contribution in [2.75, 3.05) is 0 Å². The molecule has 0 amide bonds. The zero-order chi connectivity index (χ0) is 21.2. The standard InChI is InChI=1S/C20H20N2O7/c1-3-13(17(23)15-9-5-7-11-21-15)19(25)27-29-28-20(26)14(4-2)18(24)16-10-6-8-12-22-16/h5-14H,3-4H2,1-2H3. The van der Waals surface area contributed by atoms with Gasteiger partial charge in [0, 0.05) is 17.4 Å². The van der Waals surface area contributed by atoms with Crippen LogP contribution in [0.4, 0.5) is 0 Å². The van der Waals surface area contributed by atoms with Gasteiger partial charge in [-0.3, -0.25) is 29.3 Å². The first-order valence-electron chi connectivity index (χ1n) is 8.98. The van der Waals surface area contributed by atoms with E-state index in [2.05, 4.69) is 24.8 Å². The molecule has 2 unspecified atom stereocenters. The Kier molecular flexibility index (Phi) is 8.11. The first-order chi connectivity index (χ1) is 14.0. The smallest absolute Gasteiger partial charge is 0.291 e. The summed E-state index contributed by atoms with van der Waals surface area (Å²) in [5, 5.41) is 4.25. The lowest BCUT2D eigenvalue weighted by atomic mass is 9.99. The van der Waals surface area contributed by atoms with Crippen LogP contribution < -0.4 is 0 Å². The zero-order valence-corrected chi connectivity index (χ0v) is 15.9. The van der Waals surface area contributed by atoms with Crippen molar-refractivity contribution < 1.29 is 34.0 Å². The molecule has 0 aliphatic carbocycles. The Morgan fingerprint density at radius 2 is 1.17 bits per heavy atom. The fraction of sp³-hybridized carbons (Fsp3) is 0.300. The fourth-order valence-corrected chi connectivity index (χ4v) is 2.49. The molecule has 0 fully saturated rings. The molecule has 0 saturated carbocycles. The van der Waals surface area contributed by atoms with Gasteiger partial charge in [0.15, 0.2) is 11.6 Å². The van der Waals surface area contributed by atoms with E-state index < -0.39 is 35.3 Å². The van der Waals surface area contributed by atoms with Crippen LogP contribution >= 0.6 is 0 Å². The minimum absolute atomic E-state index is 0.0975. The predicted octanol–water partition coefficient (Wildman–Crippen LogP) is 2.53. The van der Waals surface area contributed by atoms with Crippen molar-refractivity contribution in [2.45, 2.75) is 26.7 Å². The second-order valence-electron chi connectivity index (χ2n) is 5.95. The van der Waals surface area contributed by atoms with Crippen molar-refractivity contribution in [3.05, 3.63) is 60.2 Å². The number of Topliss-reactive ketones (excluding diaryl/α,β-unsaturated/α-hetero) is 2. The average Bonchev–Trinajstić information content (AvgIpc) is 2.75. The Balaban J connectivity index is 1.91. The van der Waals surface area contributed by atoms with Gasteiger partial charge < -0.3 is 0 Å². The summed E-state index contributed by atoms with van der Waals surface area (Å²) in [7, 11) is 0. The Hall–Kier alpha value is -3.46. The van der Waals surface area contributed by atoms with E-state index in [1.54, 1.807) is 38.1 Å². The van der Waals surface area contributed by atoms with Gasteiger partial charge in [0.25, 0.3) is 0 Å². The Bertz CT molecular complexity index is 784. The molecular weight excluding hydrogens is 380 g/mol. The highest BCUT2D eigenvalue weighted by Crippen LogP contribution is 2.15. The van der Waals surface area contributed by atoms with Crippen LogP contribution in [-0.4, -0.2) is 33.5 Å². The maximum atomic E-state index is 12.3. The van der Waals surface area contributed by atoms with Gasteiger partial charge in [0.05, 0.1) is 0 Å². The quantitative estimate of drug-likeness (QED) is 0.256. The van der Waals surface area contributed by atoms with E-state index in [0.717, 1.165) is 0 Å². The van der Waals surface area contributed by atoms with Crippen LogP contribution in [0.25, 0.3) is 0 Å². The molecule has 2 aromatic heterocycles. The first-order valence-corrected chi connectivity index (χ1v) is 8.98. The van der Waals surface area contributed by atoms with Crippen LogP contribution in [0.2, 0.25) is 0 Å². The molecule has 2 rings (SSSR count). The molecule has 0 aromatic carbocycles. The van der Waals surface area contributed by atoms with Gasteiger partial charge in [-0.2, -0.15) is 0 Å². The summed E-state index contributed by atoms with van der Waals surface area (Å²) in [6.45, 7) is 3.22. The third-order valence-electron chi connectivity index (χ3n) is 4.09. The van der Waals surface area contributed by atoms with Gasteiger partial charge in [0.1, 0.15) is 23.2 Å². The number of hydrogen-bond acceptors (Lipinski definition) is 9. The monoisotopic (exact) mass is 400 g/mol. The molecule has 152 valence electrons. The highest BCUT2D eigenvalue weighted by Gasteiger charge is 2.32. The molecule has 2 atom stereocenters. The molecular formula is C20H20N2O7. The van der Waals surface area contributed by atoms with Crippen LogP contribution in [-0.2, 0) is 24.4 Å². The number of carbonyl (C=O) groups excluding carboxylic acids is 4. The molecule has 0 bridgehead atoms. The van der Waals surface area contributed by atoms with Gasteiger partial charge in [-0.25, -0.2) is 9.59 Å². The number of hydrogen-bond donors (Lipinski definition) is 0. The summed E-state index contributed by atoms with van der Waals surface area (Å²) in [6.07, 6.45) is 3.10. The third kappa shape index (κ3) is 5.76. The first kappa shape index (κ1) is 21.8. The normalized spacial score (nSPS) is 12.5. The van der Waals surface area contributed by atoms with E-state index in [0.29, 0.717) is 0 Å². The van der Waals surface area contributed by atoms with E-state index in [1.165, 1.54) is 24.5 Å². The van der Waals surface area contributed by atoms with Crippen molar-refractivity contribution in [1.82, 2.24) is 9.97 Å². The Morgan fingerprint density at radius 3 is 1.48 bits per heavy atom. The van der Waals surface area contributed by atoms with E-state index >= 15 is 0 Å². The molecule has 2 aromatic rings.